The Bertz CT molecular complexity index is 716. The number of esters is 1. The largest absolute Gasteiger partial charge is 0.465 e. The molecule has 1 heterocycles. The first kappa shape index (κ1) is 15.5. The molecule has 0 spiro atoms. The summed E-state index contributed by atoms with van der Waals surface area (Å²) in [5.74, 6) is -0.495. The van der Waals surface area contributed by atoms with Crippen molar-refractivity contribution in [2.45, 2.75) is 26.4 Å². The van der Waals surface area contributed by atoms with E-state index in [0.717, 1.165) is 4.68 Å². The van der Waals surface area contributed by atoms with Gasteiger partial charge in [-0.1, -0.05) is 15.9 Å². The van der Waals surface area contributed by atoms with E-state index >= 15 is 0 Å². The van der Waals surface area contributed by atoms with Crippen LogP contribution in [0.3, 0.4) is 0 Å². The van der Waals surface area contributed by atoms with Crippen molar-refractivity contribution in [3.63, 3.8) is 0 Å². The van der Waals surface area contributed by atoms with Gasteiger partial charge in [-0.3, -0.25) is 0 Å². The average molecular weight is 355 g/mol. The Morgan fingerprint density at radius 2 is 1.95 bits per heavy atom. The standard InChI is InChI=1S/C14H15BrN2O4/c1-14(2,3)21-13(19)17-11-6-8(15)5-9(12(18)20-4)10(11)7-16-17/h5-7H,1-4H3. The number of hydrogen-bond acceptors (Lipinski definition) is 5. The Hall–Kier alpha value is -1.89. The third kappa shape index (κ3) is 3.24. The molecule has 7 heteroatoms. The topological polar surface area (TPSA) is 70.4 Å². The lowest BCUT2D eigenvalue weighted by atomic mass is 10.1. The monoisotopic (exact) mass is 354 g/mol. The Kier molecular flexibility index (Phi) is 4.04. The Morgan fingerprint density at radius 3 is 2.52 bits per heavy atom. The molecule has 0 aliphatic rings. The second-order valence-corrected chi connectivity index (χ2v) is 6.33. The van der Waals surface area contributed by atoms with E-state index in [-0.39, 0.29) is 0 Å². The minimum atomic E-state index is -0.632. The van der Waals surface area contributed by atoms with E-state index in [4.69, 9.17) is 9.47 Å². The summed E-state index contributed by atoms with van der Waals surface area (Å²) in [6.45, 7) is 5.31. The lowest BCUT2D eigenvalue weighted by molar-refractivity contribution is 0.0521. The van der Waals surface area contributed by atoms with Gasteiger partial charge in [0.15, 0.2) is 0 Å². The number of methoxy groups -OCH3 is 1. The van der Waals surface area contributed by atoms with Crippen molar-refractivity contribution < 1.29 is 19.1 Å². The molecule has 0 amide bonds. The van der Waals surface area contributed by atoms with Crippen molar-refractivity contribution in [1.29, 1.82) is 0 Å². The smallest absolute Gasteiger partial charge is 0.435 e. The zero-order valence-corrected chi connectivity index (χ0v) is 13.7. The number of nitrogens with zero attached hydrogens (tertiary/aromatic N) is 2. The number of aromatic nitrogens is 2. The molecule has 0 atom stereocenters. The van der Waals surface area contributed by atoms with Crippen molar-refractivity contribution in [3.8, 4) is 0 Å². The molecule has 0 saturated carbocycles. The first-order valence-corrected chi connectivity index (χ1v) is 7.01. The Morgan fingerprint density at radius 1 is 1.29 bits per heavy atom. The van der Waals surface area contributed by atoms with Gasteiger partial charge in [0.2, 0.25) is 0 Å². The highest BCUT2D eigenvalue weighted by molar-refractivity contribution is 9.10. The van der Waals surface area contributed by atoms with Crippen LogP contribution in [0.5, 0.6) is 0 Å². The Labute approximate surface area is 130 Å². The summed E-state index contributed by atoms with van der Waals surface area (Å²) in [5, 5.41) is 4.54. The lowest BCUT2D eigenvalue weighted by Crippen LogP contribution is -2.27. The van der Waals surface area contributed by atoms with Crippen LogP contribution in [0, 0.1) is 0 Å². The quantitative estimate of drug-likeness (QED) is 0.734. The lowest BCUT2D eigenvalue weighted by Gasteiger charge is -2.19. The van der Waals surface area contributed by atoms with Crippen molar-refractivity contribution in [2.24, 2.45) is 0 Å². The van der Waals surface area contributed by atoms with Gasteiger partial charge in [-0.05, 0) is 32.9 Å². The number of rotatable bonds is 1. The second kappa shape index (κ2) is 5.48. The molecule has 2 rings (SSSR count). The molecule has 0 bridgehead atoms. The molecule has 2 aromatic rings. The highest BCUT2D eigenvalue weighted by Gasteiger charge is 2.22. The molecular formula is C14H15BrN2O4. The van der Waals surface area contributed by atoms with E-state index in [1.54, 1.807) is 32.9 Å². The van der Waals surface area contributed by atoms with E-state index in [9.17, 15) is 9.59 Å². The molecule has 0 fully saturated rings. The average Bonchev–Trinajstić information content (AvgIpc) is 2.78. The Balaban J connectivity index is 2.56. The first-order chi connectivity index (χ1) is 9.73. The van der Waals surface area contributed by atoms with Crippen molar-refractivity contribution in [1.82, 2.24) is 9.78 Å². The fourth-order valence-corrected chi connectivity index (χ4v) is 2.27. The highest BCUT2D eigenvalue weighted by Crippen LogP contribution is 2.25. The summed E-state index contributed by atoms with van der Waals surface area (Å²) in [6.07, 6.45) is 0.837. The van der Waals surface area contributed by atoms with Crippen molar-refractivity contribution in [2.75, 3.05) is 7.11 Å². The predicted octanol–water partition coefficient (Wildman–Crippen LogP) is 3.37. The maximum Gasteiger partial charge on any atom is 0.435 e. The van der Waals surface area contributed by atoms with Gasteiger partial charge >= 0.3 is 12.1 Å². The molecule has 0 N–H and O–H groups in total. The van der Waals surface area contributed by atoms with Crippen molar-refractivity contribution in [3.05, 3.63) is 28.4 Å². The number of halogens is 1. The number of hydrogen-bond donors (Lipinski definition) is 0. The third-order valence-corrected chi connectivity index (χ3v) is 3.08. The summed E-state index contributed by atoms with van der Waals surface area (Å²) in [4.78, 5) is 23.9. The zero-order valence-electron chi connectivity index (χ0n) is 12.1. The van der Waals surface area contributed by atoms with Crippen molar-refractivity contribution >= 4 is 38.9 Å². The summed E-state index contributed by atoms with van der Waals surface area (Å²) in [7, 11) is 1.30. The SMILES string of the molecule is COC(=O)c1cc(Br)cc2c1cnn2C(=O)OC(C)(C)C. The number of fused-ring (bicyclic) bond motifs is 1. The van der Waals surface area contributed by atoms with Gasteiger partial charge in [0.1, 0.15) is 5.60 Å². The molecule has 1 aromatic heterocycles. The van der Waals surface area contributed by atoms with Gasteiger partial charge in [-0.2, -0.15) is 9.78 Å². The van der Waals surface area contributed by atoms with E-state index < -0.39 is 17.7 Å². The maximum absolute atomic E-state index is 12.1. The van der Waals surface area contributed by atoms with E-state index in [0.29, 0.717) is 20.9 Å². The van der Waals surface area contributed by atoms with Crippen LogP contribution in [-0.4, -0.2) is 34.6 Å². The van der Waals surface area contributed by atoms with Gasteiger partial charge < -0.3 is 9.47 Å². The minimum absolute atomic E-state index is 0.330. The second-order valence-electron chi connectivity index (χ2n) is 5.41. The summed E-state index contributed by atoms with van der Waals surface area (Å²) < 4.78 is 11.8. The van der Waals surface area contributed by atoms with Crippen LogP contribution in [0.1, 0.15) is 31.1 Å². The van der Waals surface area contributed by atoms with E-state index in [1.165, 1.54) is 13.3 Å². The third-order valence-electron chi connectivity index (χ3n) is 2.63. The number of carbonyl (C=O) groups is 2. The fraction of sp³-hybridized carbons (Fsp3) is 0.357. The van der Waals surface area contributed by atoms with E-state index in [1.807, 2.05) is 0 Å². The molecule has 112 valence electrons. The molecule has 0 saturated heterocycles. The maximum atomic E-state index is 12.1. The summed E-state index contributed by atoms with van der Waals surface area (Å²) in [5.41, 5.74) is 0.169. The predicted molar refractivity (Wildman–Crippen MR) is 80.4 cm³/mol. The normalized spacial score (nSPS) is 11.5. The van der Waals surface area contributed by atoms with Gasteiger partial charge in [0.25, 0.3) is 0 Å². The van der Waals surface area contributed by atoms with Gasteiger partial charge in [-0.25, -0.2) is 9.59 Å². The van der Waals surface area contributed by atoms with Crippen LogP contribution in [0.25, 0.3) is 10.9 Å². The molecule has 0 aliphatic heterocycles. The van der Waals surface area contributed by atoms with Gasteiger partial charge in [0.05, 0.1) is 24.4 Å². The van der Waals surface area contributed by atoms with Crippen LogP contribution in [0.4, 0.5) is 4.79 Å². The molecule has 0 aliphatic carbocycles. The highest BCUT2D eigenvalue weighted by atomic mass is 79.9. The first-order valence-electron chi connectivity index (χ1n) is 6.22. The van der Waals surface area contributed by atoms with E-state index in [2.05, 4.69) is 21.0 Å². The fourth-order valence-electron chi connectivity index (χ4n) is 1.82. The number of carbonyl (C=O) groups excluding carboxylic acids is 2. The van der Waals surface area contributed by atoms with Gasteiger partial charge in [-0.15, -0.1) is 0 Å². The number of ether oxygens (including phenoxy) is 2. The molecule has 0 unspecified atom stereocenters. The summed E-state index contributed by atoms with van der Waals surface area (Å²) in [6, 6.07) is 3.31. The van der Waals surface area contributed by atoms with Crippen LogP contribution in [-0.2, 0) is 9.47 Å². The van der Waals surface area contributed by atoms with Crippen LogP contribution in [0.15, 0.2) is 22.8 Å². The summed E-state index contributed by atoms with van der Waals surface area (Å²) >= 11 is 3.31. The molecule has 21 heavy (non-hydrogen) atoms. The molecule has 0 radical (unpaired) electrons. The molecule has 1 aromatic carbocycles. The minimum Gasteiger partial charge on any atom is -0.465 e. The van der Waals surface area contributed by atoms with Crippen LogP contribution in [0.2, 0.25) is 0 Å². The van der Waals surface area contributed by atoms with Gasteiger partial charge in [0, 0.05) is 9.86 Å². The van der Waals surface area contributed by atoms with Crippen LogP contribution >= 0.6 is 15.9 Å². The molecule has 6 nitrogen and oxygen atoms in total. The van der Waals surface area contributed by atoms with Crippen LogP contribution < -0.4 is 0 Å². The zero-order chi connectivity index (χ0) is 15.8. The number of benzene rings is 1. The molecular weight excluding hydrogens is 340 g/mol.